The van der Waals surface area contributed by atoms with E-state index < -0.39 is 0 Å². The first kappa shape index (κ1) is 24.8. The van der Waals surface area contributed by atoms with Crippen molar-refractivity contribution >= 4 is 50.5 Å². The van der Waals surface area contributed by atoms with Gasteiger partial charge in [0.1, 0.15) is 18.2 Å². The van der Waals surface area contributed by atoms with Gasteiger partial charge in [-0.05, 0) is 84.4 Å². The Labute approximate surface area is 215 Å². The number of benzene rings is 3. The number of methoxy groups -OCH3 is 1. The molecule has 0 radical (unpaired) electrons. The molecule has 0 bridgehead atoms. The van der Waals surface area contributed by atoms with Gasteiger partial charge < -0.3 is 19.5 Å². The molecule has 1 amide bonds. The highest BCUT2D eigenvalue weighted by Gasteiger charge is 2.24. The van der Waals surface area contributed by atoms with Crippen LogP contribution in [0.2, 0.25) is 0 Å². The van der Waals surface area contributed by atoms with E-state index in [9.17, 15) is 9.18 Å². The highest BCUT2D eigenvalue weighted by molar-refractivity contribution is 9.10. The molecule has 35 heavy (non-hydrogen) atoms. The summed E-state index contributed by atoms with van der Waals surface area (Å²) in [5, 5.41) is 3.28. The van der Waals surface area contributed by atoms with Crippen molar-refractivity contribution < 1.29 is 23.4 Å². The topological polar surface area (TPSA) is 69.2 Å². The van der Waals surface area contributed by atoms with E-state index in [0.29, 0.717) is 39.4 Å². The number of nitrogens with zero attached hydrogens (tertiary/aromatic N) is 1. The lowest BCUT2D eigenvalue weighted by molar-refractivity contribution is -0.115. The molecule has 0 aromatic heterocycles. The molecule has 0 spiro atoms. The highest BCUT2D eigenvalue weighted by atomic mass is 79.9. The number of carbonyl (C=O) groups excluding carboxylic acids is 1. The standard InChI is InChI=1S/C26H22BrFN2O4S/c1-3-33-22-12-17(21(27)14-23(22)34-15-16-5-4-6-18(28)11-16)13-24-25(31)30-26(35-24)29-19-7-9-20(32-2)10-8-19/h4-14H,3,15H2,1-2H3,(H,29,30,31)/b24-13+. The molecule has 1 fully saturated rings. The van der Waals surface area contributed by atoms with Gasteiger partial charge in [-0.3, -0.25) is 4.79 Å². The van der Waals surface area contributed by atoms with E-state index in [1.807, 2.05) is 31.2 Å². The number of thioether (sulfide) groups is 1. The number of halogens is 2. The minimum Gasteiger partial charge on any atom is -0.497 e. The molecule has 1 aliphatic rings. The fourth-order valence-electron chi connectivity index (χ4n) is 3.23. The van der Waals surface area contributed by atoms with Crippen molar-refractivity contribution in [2.45, 2.75) is 13.5 Å². The van der Waals surface area contributed by atoms with E-state index in [4.69, 9.17) is 14.2 Å². The molecule has 0 atom stereocenters. The lowest BCUT2D eigenvalue weighted by atomic mass is 10.1. The van der Waals surface area contributed by atoms with Gasteiger partial charge >= 0.3 is 0 Å². The smallest absolute Gasteiger partial charge is 0.264 e. The molecular weight excluding hydrogens is 535 g/mol. The Morgan fingerprint density at radius 1 is 1.09 bits per heavy atom. The maximum atomic E-state index is 13.5. The number of nitrogens with one attached hydrogen (secondary N) is 1. The second-order valence-electron chi connectivity index (χ2n) is 7.35. The van der Waals surface area contributed by atoms with Crippen LogP contribution in [0.25, 0.3) is 6.08 Å². The number of hydrogen-bond donors (Lipinski definition) is 1. The third kappa shape index (κ3) is 6.43. The number of aliphatic imine (C=N–C) groups is 1. The third-order valence-corrected chi connectivity index (χ3v) is 6.48. The second kappa shape index (κ2) is 11.4. The quantitative estimate of drug-likeness (QED) is 0.322. The van der Waals surface area contributed by atoms with E-state index in [1.165, 1.54) is 23.9 Å². The fourth-order valence-corrected chi connectivity index (χ4v) is 4.50. The molecule has 0 saturated carbocycles. The summed E-state index contributed by atoms with van der Waals surface area (Å²) in [6.45, 7) is 2.49. The van der Waals surface area contributed by atoms with Crippen molar-refractivity contribution in [2.75, 3.05) is 13.7 Å². The average molecular weight is 557 g/mol. The Balaban J connectivity index is 1.54. The van der Waals surface area contributed by atoms with Crippen LogP contribution in [0.1, 0.15) is 18.1 Å². The van der Waals surface area contributed by atoms with Crippen LogP contribution in [0, 0.1) is 5.82 Å². The second-order valence-corrected chi connectivity index (χ2v) is 9.24. The fraction of sp³-hybridized carbons (Fsp3) is 0.154. The van der Waals surface area contributed by atoms with Crippen LogP contribution in [0.4, 0.5) is 10.1 Å². The van der Waals surface area contributed by atoms with Crippen molar-refractivity contribution in [1.82, 2.24) is 5.32 Å². The number of ether oxygens (including phenoxy) is 3. The molecular formula is C26H22BrFN2O4S. The number of carbonyl (C=O) groups is 1. The van der Waals surface area contributed by atoms with E-state index >= 15 is 0 Å². The van der Waals surface area contributed by atoms with Crippen LogP contribution >= 0.6 is 27.7 Å². The van der Waals surface area contributed by atoms with Gasteiger partial charge in [0.25, 0.3) is 5.91 Å². The molecule has 0 unspecified atom stereocenters. The first-order valence-corrected chi connectivity index (χ1v) is 12.3. The molecule has 180 valence electrons. The maximum Gasteiger partial charge on any atom is 0.264 e. The predicted molar refractivity (Wildman–Crippen MR) is 140 cm³/mol. The summed E-state index contributed by atoms with van der Waals surface area (Å²) >= 11 is 4.81. The molecule has 3 aromatic rings. The van der Waals surface area contributed by atoms with Gasteiger partial charge in [0.15, 0.2) is 16.7 Å². The summed E-state index contributed by atoms with van der Waals surface area (Å²) in [6.07, 6.45) is 1.76. The van der Waals surface area contributed by atoms with Crippen LogP contribution in [0.3, 0.4) is 0 Å². The van der Waals surface area contributed by atoms with Crippen LogP contribution in [0.5, 0.6) is 17.2 Å². The predicted octanol–water partition coefficient (Wildman–Crippen LogP) is 6.47. The van der Waals surface area contributed by atoms with E-state index in [0.717, 1.165) is 15.8 Å². The molecule has 1 heterocycles. The summed E-state index contributed by atoms with van der Waals surface area (Å²) < 4.78 is 31.0. The number of amides is 1. The van der Waals surface area contributed by atoms with Gasteiger partial charge in [-0.1, -0.05) is 28.1 Å². The minimum absolute atomic E-state index is 0.189. The Morgan fingerprint density at radius 3 is 2.57 bits per heavy atom. The maximum absolute atomic E-state index is 13.5. The van der Waals surface area contributed by atoms with Crippen LogP contribution in [-0.4, -0.2) is 24.8 Å². The van der Waals surface area contributed by atoms with Crippen LogP contribution in [0.15, 0.2) is 75.0 Å². The van der Waals surface area contributed by atoms with Gasteiger partial charge in [0.2, 0.25) is 0 Å². The van der Waals surface area contributed by atoms with E-state index in [-0.39, 0.29) is 18.3 Å². The normalized spacial score (nSPS) is 15.4. The minimum atomic E-state index is -0.318. The molecule has 1 aliphatic heterocycles. The largest absolute Gasteiger partial charge is 0.497 e. The summed E-state index contributed by atoms with van der Waals surface area (Å²) in [7, 11) is 1.60. The Hall–Kier alpha value is -3.30. The number of hydrogen-bond acceptors (Lipinski definition) is 6. The zero-order valence-electron chi connectivity index (χ0n) is 19.0. The van der Waals surface area contributed by atoms with Crippen molar-refractivity contribution in [1.29, 1.82) is 0 Å². The molecule has 1 saturated heterocycles. The van der Waals surface area contributed by atoms with E-state index in [1.54, 1.807) is 37.5 Å². The van der Waals surface area contributed by atoms with Gasteiger partial charge in [0.05, 0.1) is 24.3 Å². The molecule has 1 N–H and O–H groups in total. The first-order valence-electron chi connectivity index (χ1n) is 10.7. The molecule has 4 rings (SSSR count). The summed E-state index contributed by atoms with van der Waals surface area (Å²) in [4.78, 5) is 17.5. The molecule has 6 nitrogen and oxygen atoms in total. The molecule has 3 aromatic carbocycles. The van der Waals surface area contributed by atoms with Crippen LogP contribution in [-0.2, 0) is 11.4 Å². The summed E-state index contributed by atoms with van der Waals surface area (Å²) in [5.41, 5.74) is 2.15. The number of rotatable bonds is 8. The highest BCUT2D eigenvalue weighted by Crippen LogP contribution is 2.37. The van der Waals surface area contributed by atoms with Gasteiger partial charge in [-0.15, -0.1) is 0 Å². The monoisotopic (exact) mass is 556 g/mol. The Bertz CT molecular complexity index is 1300. The van der Waals surface area contributed by atoms with Crippen molar-refractivity contribution in [2.24, 2.45) is 4.99 Å². The third-order valence-electron chi connectivity index (χ3n) is 4.89. The van der Waals surface area contributed by atoms with Crippen molar-refractivity contribution in [3.63, 3.8) is 0 Å². The zero-order valence-corrected chi connectivity index (χ0v) is 21.4. The molecule has 9 heteroatoms. The van der Waals surface area contributed by atoms with Crippen molar-refractivity contribution in [3.8, 4) is 17.2 Å². The zero-order chi connectivity index (χ0) is 24.8. The lowest BCUT2D eigenvalue weighted by Crippen LogP contribution is -2.19. The van der Waals surface area contributed by atoms with Crippen LogP contribution < -0.4 is 19.5 Å². The average Bonchev–Trinajstić information content (AvgIpc) is 3.19. The Kier molecular flexibility index (Phi) is 8.09. The molecule has 0 aliphatic carbocycles. The van der Waals surface area contributed by atoms with E-state index in [2.05, 4.69) is 26.2 Å². The van der Waals surface area contributed by atoms with Gasteiger partial charge in [0, 0.05) is 4.47 Å². The Morgan fingerprint density at radius 2 is 1.86 bits per heavy atom. The summed E-state index contributed by atoms with van der Waals surface area (Å²) in [5.74, 6) is 1.21. The van der Waals surface area contributed by atoms with Gasteiger partial charge in [-0.2, -0.15) is 0 Å². The lowest BCUT2D eigenvalue weighted by Gasteiger charge is -2.14. The SMILES string of the molecule is CCOc1cc(/C=C2/SC(=Nc3ccc(OC)cc3)NC2=O)c(Br)cc1OCc1cccc(F)c1. The number of amidine groups is 1. The first-order chi connectivity index (χ1) is 16.9. The van der Waals surface area contributed by atoms with Gasteiger partial charge in [-0.25, -0.2) is 9.38 Å². The van der Waals surface area contributed by atoms with Crippen molar-refractivity contribution in [3.05, 3.63) is 87.0 Å². The summed E-state index contributed by atoms with van der Waals surface area (Å²) in [6, 6.07) is 17.1.